The number of carbonyl (C=O) groups excluding carboxylic acids is 2. The first kappa shape index (κ1) is 27.4. The number of carbonyl (C=O) groups is 2. The molecule has 2 aromatic heterocycles. The van der Waals surface area contributed by atoms with Crippen LogP contribution < -0.4 is 16.6 Å². The normalized spacial score (nSPS) is 11.1. The van der Waals surface area contributed by atoms with Crippen LogP contribution in [0.4, 0.5) is 5.69 Å². The summed E-state index contributed by atoms with van der Waals surface area (Å²) < 4.78 is 7.58. The first-order chi connectivity index (χ1) is 18.3. The summed E-state index contributed by atoms with van der Waals surface area (Å²) >= 11 is 2.94. The molecule has 0 aliphatic rings. The summed E-state index contributed by atoms with van der Waals surface area (Å²) in [5.41, 5.74) is 2.13. The predicted octanol–water partition coefficient (Wildman–Crippen LogP) is 4.88. The lowest BCUT2D eigenvalue weighted by molar-refractivity contribution is -0.144. The van der Waals surface area contributed by atoms with Gasteiger partial charge >= 0.3 is 11.7 Å². The molecule has 0 aliphatic heterocycles. The van der Waals surface area contributed by atoms with E-state index < -0.39 is 23.8 Å². The monoisotopic (exact) mass is 551 g/mol. The van der Waals surface area contributed by atoms with E-state index in [9.17, 15) is 19.2 Å². The van der Waals surface area contributed by atoms with E-state index in [0.29, 0.717) is 22.3 Å². The summed E-state index contributed by atoms with van der Waals surface area (Å²) in [5, 5.41) is 3.23. The highest BCUT2D eigenvalue weighted by Gasteiger charge is 2.23. The van der Waals surface area contributed by atoms with Crippen molar-refractivity contribution in [2.24, 2.45) is 0 Å². The number of hydrogen-bond acceptors (Lipinski definition) is 7. The van der Waals surface area contributed by atoms with Gasteiger partial charge in [0.25, 0.3) is 5.56 Å². The zero-order valence-electron chi connectivity index (χ0n) is 21.7. The van der Waals surface area contributed by atoms with Gasteiger partial charge in [0.15, 0.2) is 0 Å². The van der Waals surface area contributed by atoms with E-state index in [-0.39, 0.29) is 19.1 Å². The van der Waals surface area contributed by atoms with E-state index >= 15 is 0 Å². The van der Waals surface area contributed by atoms with Gasteiger partial charge in [-0.25, -0.2) is 9.36 Å². The molecule has 1 amide bonds. The van der Waals surface area contributed by atoms with Crippen molar-refractivity contribution in [1.29, 1.82) is 0 Å². The highest BCUT2D eigenvalue weighted by molar-refractivity contribution is 7.98. The second kappa shape index (κ2) is 11.8. The van der Waals surface area contributed by atoms with Gasteiger partial charge in [0.05, 0.1) is 18.5 Å². The number of ether oxygens (including phenoxy) is 1. The van der Waals surface area contributed by atoms with Gasteiger partial charge in [-0.05, 0) is 55.0 Å². The predicted molar refractivity (Wildman–Crippen MR) is 153 cm³/mol. The minimum absolute atomic E-state index is 0.0764. The first-order valence-electron chi connectivity index (χ1n) is 12.2. The Morgan fingerprint density at radius 1 is 1.03 bits per heavy atom. The van der Waals surface area contributed by atoms with Crippen molar-refractivity contribution in [3.63, 3.8) is 0 Å². The summed E-state index contributed by atoms with van der Waals surface area (Å²) in [7, 11) is 0. The minimum Gasteiger partial charge on any atom is -0.465 e. The molecule has 10 heteroatoms. The van der Waals surface area contributed by atoms with E-state index in [1.54, 1.807) is 30.2 Å². The molecule has 0 aliphatic carbocycles. The number of aryl methyl sites for hydroxylation is 1. The van der Waals surface area contributed by atoms with Crippen molar-refractivity contribution in [2.45, 2.75) is 45.2 Å². The Hall–Kier alpha value is -3.63. The number of nitrogens with zero attached hydrogens (tertiary/aromatic N) is 2. The van der Waals surface area contributed by atoms with Crippen LogP contribution in [0.1, 0.15) is 31.4 Å². The van der Waals surface area contributed by atoms with Crippen molar-refractivity contribution in [2.75, 3.05) is 18.2 Å². The summed E-state index contributed by atoms with van der Waals surface area (Å²) in [6.45, 7) is 5.26. The van der Waals surface area contributed by atoms with Gasteiger partial charge in [-0.3, -0.25) is 19.0 Å². The Labute approximate surface area is 228 Å². The molecular weight excluding hydrogens is 522 g/mol. The Morgan fingerprint density at radius 3 is 2.39 bits per heavy atom. The highest BCUT2D eigenvalue weighted by atomic mass is 32.2. The van der Waals surface area contributed by atoms with E-state index in [4.69, 9.17) is 4.74 Å². The minimum atomic E-state index is -0.639. The van der Waals surface area contributed by atoms with Gasteiger partial charge in [-0.15, -0.1) is 23.1 Å². The average molecular weight is 552 g/mol. The fourth-order valence-corrected chi connectivity index (χ4v) is 6.15. The van der Waals surface area contributed by atoms with Crippen molar-refractivity contribution >= 4 is 50.9 Å². The number of thiophene rings is 1. The zero-order chi connectivity index (χ0) is 27.4. The Kier molecular flexibility index (Phi) is 8.53. The van der Waals surface area contributed by atoms with Gasteiger partial charge in [-0.1, -0.05) is 37.3 Å². The molecule has 0 saturated heterocycles. The number of rotatable bonds is 9. The maximum Gasteiger partial charge on any atom is 0.332 e. The first-order valence-corrected chi connectivity index (χ1v) is 14.3. The van der Waals surface area contributed by atoms with Crippen LogP contribution in [0.5, 0.6) is 0 Å². The fourth-order valence-electron chi connectivity index (χ4n) is 4.24. The lowest BCUT2D eigenvalue weighted by atomic mass is 10.1. The lowest BCUT2D eigenvalue weighted by Crippen LogP contribution is -2.42. The molecule has 1 N–H and O–H groups in total. The standard InChI is InChI=1S/C28H29N3O5S2/c1-5-22(32)29-20-13-11-18(12-14-20)25-17(3)24-26(34)30(16-23(33)36-6-2)28(35)31(27(24)38-25)15-19-9-7-8-10-21(19)37-4/h7-14H,5-6,15-16H2,1-4H3,(H,29,32). The van der Waals surface area contributed by atoms with Crippen LogP contribution in [0, 0.1) is 6.92 Å². The van der Waals surface area contributed by atoms with E-state index in [2.05, 4.69) is 5.32 Å². The molecule has 0 radical (unpaired) electrons. The van der Waals surface area contributed by atoms with Crippen molar-refractivity contribution in [1.82, 2.24) is 9.13 Å². The fraction of sp³-hybridized carbons (Fsp3) is 0.286. The number of aromatic nitrogens is 2. The van der Waals surface area contributed by atoms with Crippen LogP contribution in [0.25, 0.3) is 20.7 Å². The molecule has 2 aromatic carbocycles. The number of fused-ring (bicyclic) bond motifs is 1. The summed E-state index contributed by atoms with van der Waals surface area (Å²) in [6.07, 6.45) is 2.35. The van der Waals surface area contributed by atoms with Crippen molar-refractivity contribution in [3.05, 3.63) is 80.5 Å². The number of thioether (sulfide) groups is 1. The summed E-state index contributed by atoms with van der Waals surface area (Å²) in [6, 6.07) is 15.2. The third kappa shape index (κ3) is 5.46. The SMILES string of the molecule is CCOC(=O)Cn1c(=O)c2c(C)c(-c3ccc(NC(=O)CC)cc3)sc2n(Cc2ccccc2SC)c1=O. The van der Waals surface area contributed by atoms with Crippen LogP contribution in [-0.2, 0) is 27.4 Å². The van der Waals surface area contributed by atoms with Crippen LogP contribution >= 0.6 is 23.1 Å². The van der Waals surface area contributed by atoms with Crippen molar-refractivity contribution < 1.29 is 14.3 Å². The maximum absolute atomic E-state index is 13.7. The van der Waals surface area contributed by atoms with E-state index in [1.807, 2.05) is 61.7 Å². The smallest absolute Gasteiger partial charge is 0.332 e. The largest absolute Gasteiger partial charge is 0.465 e. The quantitative estimate of drug-likeness (QED) is 0.235. The molecule has 0 bridgehead atoms. The summed E-state index contributed by atoms with van der Waals surface area (Å²) in [5.74, 6) is -0.715. The van der Waals surface area contributed by atoms with Crippen LogP contribution in [-0.4, -0.2) is 33.9 Å². The number of amides is 1. The molecule has 0 spiro atoms. The van der Waals surface area contributed by atoms with Gasteiger partial charge < -0.3 is 10.1 Å². The molecular formula is C28H29N3O5S2. The lowest BCUT2D eigenvalue weighted by Gasteiger charge is -2.13. The highest BCUT2D eigenvalue weighted by Crippen LogP contribution is 2.37. The van der Waals surface area contributed by atoms with Crippen LogP contribution in [0.15, 0.2) is 63.0 Å². The Balaban J connectivity index is 1.91. The molecule has 0 unspecified atom stereocenters. The number of hydrogen-bond donors (Lipinski definition) is 1. The third-order valence-corrected chi connectivity index (χ3v) is 8.36. The van der Waals surface area contributed by atoms with E-state index in [1.165, 1.54) is 11.3 Å². The van der Waals surface area contributed by atoms with Crippen LogP contribution in [0.3, 0.4) is 0 Å². The molecule has 2 heterocycles. The molecule has 198 valence electrons. The van der Waals surface area contributed by atoms with Gasteiger partial charge in [0, 0.05) is 21.9 Å². The number of benzene rings is 2. The average Bonchev–Trinajstić information content (AvgIpc) is 3.26. The molecule has 0 saturated carbocycles. The van der Waals surface area contributed by atoms with Gasteiger partial charge in [0.2, 0.25) is 5.91 Å². The van der Waals surface area contributed by atoms with Gasteiger partial charge in [-0.2, -0.15) is 0 Å². The van der Waals surface area contributed by atoms with Crippen LogP contribution in [0.2, 0.25) is 0 Å². The Morgan fingerprint density at radius 2 is 1.74 bits per heavy atom. The molecule has 0 fully saturated rings. The zero-order valence-corrected chi connectivity index (χ0v) is 23.3. The summed E-state index contributed by atoms with van der Waals surface area (Å²) in [4.78, 5) is 53.7. The molecule has 38 heavy (non-hydrogen) atoms. The topological polar surface area (TPSA) is 99.4 Å². The molecule has 0 atom stereocenters. The second-order valence-corrected chi connectivity index (χ2v) is 10.4. The van der Waals surface area contributed by atoms with E-state index in [0.717, 1.165) is 31.0 Å². The number of nitrogens with one attached hydrogen (secondary N) is 1. The molecule has 4 rings (SSSR count). The number of anilines is 1. The molecule has 8 nitrogen and oxygen atoms in total. The third-order valence-electron chi connectivity index (χ3n) is 6.16. The maximum atomic E-state index is 13.7. The number of esters is 1. The van der Waals surface area contributed by atoms with Crippen molar-refractivity contribution in [3.8, 4) is 10.4 Å². The van der Waals surface area contributed by atoms with Gasteiger partial charge in [0.1, 0.15) is 11.4 Å². The Bertz CT molecular complexity index is 1620. The second-order valence-electron chi connectivity index (χ2n) is 8.59. The molecule has 4 aromatic rings.